The number of carboxylic acid groups (broad SMARTS) is 1. The van der Waals surface area contributed by atoms with Crippen LogP contribution >= 0.6 is 0 Å². The third-order valence-electron chi connectivity index (χ3n) is 4.64. The topological polar surface area (TPSA) is 70.8 Å². The molecule has 0 aromatic carbocycles. The summed E-state index contributed by atoms with van der Waals surface area (Å²) in [5, 5.41) is 16.6. The molecule has 2 heterocycles. The minimum Gasteiger partial charge on any atom is -0.545 e. The fourth-order valence-electron chi connectivity index (χ4n) is 3.70. The number of nitrogens with zero attached hydrogens (tertiary/aromatic N) is 3. The number of carbonyl (C=O) groups excluding carboxylic acids is 1. The van der Waals surface area contributed by atoms with Crippen molar-refractivity contribution < 1.29 is 9.90 Å². The Hall–Kier alpha value is -1.91. The number of rotatable bonds is 2. The van der Waals surface area contributed by atoms with Crippen molar-refractivity contribution in [2.75, 3.05) is 0 Å². The summed E-state index contributed by atoms with van der Waals surface area (Å²) in [5.41, 5.74) is 2.85. The first kappa shape index (κ1) is 11.9. The fourth-order valence-corrected chi connectivity index (χ4v) is 3.70. The molecule has 104 valence electrons. The third kappa shape index (κ3) is 1.58. The van der Waals surface area contributed by atoms with E-state index in [2.05, 4.69) is 5.10 Å². The molecule has 0 saturated heterocycles. The molecule has 0 atom stereocenters. The summed E-state index contributed by atoms with van der Waals surface area (Å²) in [6.45, 7) is 0. The van der Waals surface area contributed by atoms with Crippen molar-refractivity contribution in [1.82, 2.24) is 14.8 Å². The Kier molecular flexibility index (Phi) is 2.55. The van der Waals surface area contributed by atoms with Crippen molar-refractivity contribution in [3.8, 4) is 0 Å². The Bertz CT molecular complexity index is 699. The lowest BCUT2D eigenvalue weighted by atomic mass is 10.0. The van der Waals surface area contributed by atoms with Crippen LogP contribution in [-0.2, 0) is 12.8 Å². The standard InChI is InChI=1S/C15H17N3O2/c19-15(20)13-10-6-3-7-12(10)17-14-11(13)8-16-18(14)9-4-1-2-5-9/h8-9H,1-7H2,(H,19,20)/p-1. The molecular formula is C15H16N3O2-. The molecule has 2 aromatic heterocycles. The van der Waals surface area contributed by atoms with E-state index in [0.29, 0.717) is 17.0 Å². The van der Waals surface area contributed by atoms with Crippen LogP contribution in [0.5, 0.6) is 0 Å². The second-order valence-corrected chi connectivity index (χ2v) is 5.82. The molecule has 0 amide bonds. The summed E-state index contributed by atoms with van der Waals surface area (Å²) in [5.74, 6) is -1.10. The van der Waals surface area contributed by atoms with Crippen molar-refractivity contribution >= 4 is 17.0 Å². The highest BCUT2D eigenvalue weighted by Gasteiger charge is 2.25. The van der Waals surface area contributed by atoms with Crippen LogP contribution in [0.15, 0.2) is 6.20 Å². The van der Waals surface area contributed by atoms with Gasteiger partial charge >= 0.3 is 0 Å². The molecule has 5 heteroatoms. The molecule has 2 aliphatic carbocycles. The second kappa shape index (κ2) is 4.30. The normalized spacial score (nSPS) is 18.8. The first-order chi connectivity index (χ1) is 9.75. The molecule has 1 fully saturated rings. The summed E-state index contributed by atoms with van der Waals surface area (Å²) >= 11 is 0. The lowest BCUT2D eigenvalue weighted by Crippen LogP contribution is -2.24. The van der Waals surface area contributed by atoms with Crippen LogP contribution in [0.25, 0.3) is 11.0 Å². The number of hydrogen-bond donors (Lipinski definition) is 0. The lowest BCUT2D eigenvalue weighted by Gasteiger charge is -2.14. The first-order valence-corrected chi connectivity index (χ1v) is 7.36. The summed E-state index contributed by atoms with van der Waals surface area (Å²) in [6, 6.07) is 0.369. The number of aryl methyl sites for hydroxylation is 1. The maximum absolute atomic E-state index is 11.5. The van der Waals surface area contributed by atoms with E-state index in [1.54, 1.807) is 6.20 Å². The van der Waals surface area contributed by atoms with Gasteiger partial charge in [0.05, 0.1) is 18.2 Å². The Labute approximate surface area is 116 Å². The first-order valence-electron chi connectivity index (χ1n) is 7.36. The van der Waals surface area contributed by atoms with Gasteiger partial charge in [-0.15, -0.1) is 0 Å². The smallest absolute Gasteiger partial charge is 0.158 e. The van der Waals surface area contributed by atoms with E-state index in [0.717, 1.165) is 49.0 Å². The zero-order chi connectivity index (χ0) is 13.7. The number of carboxylic acids is 1. The van der Waals surface area contributed by atoms with Crippen molar-refractivity contribution in [3.63, 3.8) is 0 Å². The van der Waals surface area contributed by atoms with Crippen molar-refractivity contribution in [2.45, 2.75) is 51.0 Å². The van der Waals surface area contributed by atoms with E-state index in [-0.39, 0.29) is 0 Å². The van der Waals surface area contributed by atoms with E-state index >= 15 is 0 Å². The maximum Gasteiger partial charge on any atom is 0.158 e. The number of pyridine rings is 1. The van der Waals surface area contributed by atoms with Gasteiger partial charge in [-0.3, -0.25) is 0 Å². The van der Waals surface area contributed by atoms with Gasteiger partial charge in [0, 0.05) is 16.6 Å². The Morgan fingerprint density at radius 1 is 1.25 bits per heavy atom. The number of fused-ring (bicyclic) bond motifs is 2. The number of hydrogen-bond acceptors (Lipinski definition) is 4. The van der Waals surface area contributed by atoms with Gasteiger partial charge in [0.25, 0.3) is 0 Å². The molecular weight excluding hydrogens is 254 g/mol. The summed E-state index contributed by atoms with van der Waals surface area (Å²) in [4.78, 5) is 16.2. The molecule has 2 aromatic rings. The van der Waals surface area contributed by atoms with Gasteiger partial charge in [0.2, 0.25) is 0 Å². The van der Waals surface area contributed by atoms with Crippen LogP contribution in [0.2, 0.25) is 0 Å². The lowest BCUT2D eigenvalue weighted by molar-refractivity contribution is -0.254. The minimum absolute atomic E-state index is 0.326. The summed E-state index contributed by atoms with van der Waals surface area (Å²) < 4.78 is 1.94. The van der Waals surface area contributed by atoms with Crippen molar-refractivity contribution in [3.05, 3.63) is 23.0 Å². The quantitative estimate of drug-likeness (QED) is 0.827. The molecule has 0 unspecified atom stereocenters. The zero-order valence-electron chi connectivity index (χ0n) is 11.3. The SMILES string of the molecule is O=C([O-])c1c2c(nc3c1cnn3C1CCCC1)CCC2. The number of aromatic nitrogens is 3. The molecule has 0 N–H and O–H groups in total. The van der Waals surface area contributed by atoms with Crippen molar-refractivity contribution in [2.24, 2.45) is 0 Å². The Morgan fingerprint density at radius 2 is 2.05 bits per heavy atom. The average Bonchev–Trinajstić information content (AvgIpc) is 3.14. The highest BCUT2D eigenvalue weighted by Crippen LogP contribution is 2.34. The molecule has 0 radical (unpaired) electrons. The molecule has 0 spiro atoms. The van der Waals surface area contributed by atoms with Crippen LogP contribution in [0.3, 0.4) is 0 Å². The Balaban J connectivity index is 1.97. The van der Waals surface area contributed by atoms with Crippen LogP contribution < -0.4 is 5.11 Å². The van der Waals surface area contributed by atoms with E-state index in [4.69, 9.17) is 4.98 Å². The van der Waals surface area contributed by atoms with E-state index in [1.165, 1.54) is 12.8 Å². The Morgan fingerprint density at radius 3 is 2.80 bits per heavy atom. The van der Waals surface area contributed by atoms with Crippen LogP contribution in [0.4, 0.5) is 0 Å². The highest BCUT2D eigenvalue weighted by atomic mass is 16.4. The summed E-state index contributed by atoms with van der Waals surface area (Å²) in [7, 11) is 0. The third-order valence-corrected chi connectivity index (χ3v) is 4.64. The van der Waals surface area contributed by atoms with Gasteiger partial charge in [-0.25, -0.2) is 9.67 Å². The van der Waals surface area contributed by atoms with Gasteiger partial charge in [0.1, 0.15) is 0 Å². The zero-order valence-corrected chi connectivity index (χ0v) is 11.3. The molecule has 4 rings (SSSR count). The number of carbonyl (C=O) groups is 1. The van der Waals surface area contributed by atoms with Gasteiger partial charge in [-0.1, -0.05) is 12.8 Å². The average molecular weight is 270 g/mol. The van der Waals surface area contributed by atoms with E-state index < -0.39 is 5.97 Å². The maximum atomic E-state index is 11.5. The van der Waals surface area contributed by atoms with Gasteiger partial charge < -0.3 is 9.90 Å². The highest BCUT2D eigenvalue weighted by molar-refractivity contribution is 6.02. The van der Waals surface area contributed by atoms with Gasteiger partial charge in [-0.05, 0) is 37.7 Å². The minimum atomic E-state index is -1.10. The molecule has 2 aliphatic rings. The molecule has 20 heavy (non-hydrogen) atoms. The predicted molar refractivity (Wildman–Crippen MR) is 71.4 cm³/mol. The molecule has 0 aliphatic heterocycles. The van der Waals surface area contributed by atoms with Crippen LogP contribution in [0.1, 0.15) is 59.8 Å². The fraction of sp³-hybridized carbons (Fsp3) is 0.533. The largest absolute Gasteiger partial charge is 0.545 e. The van der Waals surface area contributed by atoms with Crippen LogP contribution in [0, 0.1) is 0 Å². The number of aromatic carboxylic acids is 1. The predicted octanol–water partition coefficient (Wildman–Crippen LogP) is 1.40. The van der Waals surface area contributed by atoms with Crippen LogP contribution in [-0.4, -0.2) is 20.7 Å². The van der Waals surface area contributed by atoms with Gasteiger partial charge in [0.15, 0.2) is 5.65 Å². The van der Waals surface area contributed by atoms with E-state index in [9.17, 15) is 9.90 Å². The second-order valence-electron chi connectivity index (χ2n) is 5.82. The van der Waals surface area contributed by atoms with Gasteiger partial charge in [-0.2, -0.15) is 5.10 Å². The molecule has 1 saturated carbocycles. The van der Waals surface area contributed by atoms with Crippen molar-refractivity contribution in [1.29, 1.82) is 0 Å². The molecule has 0 bridgehead atoms. The van der Waals surface area contributed by atoms with E-state index in [1.807, 2.05) is 4.68 Å². The summed E-state index contributed by atoms with van der Waals surface area (Å²) in [6.07, 6.45) is 8.93. The monoisotopic (exact) mass is 270 g/mol. The molecule has 5 nitrogen and oxygen atoms in total.